The topological polar surface area (TPSA) is 279 Å². The molecule has 6 atom stereocenters. The molecule has 10 aromatic rings. The summed E-state index contributed by atoms with van der Waals surface area (Å²) >= 11 is 3.70. The van der Waals surface area contributed by atoms with Crippen LogP contribution in [0.2, 0.25) is 0 Å². The van der Waals surface area contributed by atoms with Crippen LogP contribution in [0.4, 0.5) is 0 Å². The van der Waals surface area contributed by atoms with E-state index in [9.17, 15) is 0 Å². The lowest BCUT2D eigenvalue weighted by atomic mass is 9.70. The van der Waals surface area contributed by atoms with E-state index in [2.05, 4.69) is 108 Å². The Hall–Kier alpha value is -6.66. The van der Waals surface area contributed by atoms with Gasteiger partial charge in [-0.1, -0.05) is 96.3 Å². The molecule has 6 aliphatic carbocycles. The highest BCUT2D eigenvalue weighted by atomic mass is 32.1. The van der Waals surface area contributed by atoms with E-state index in [4.69, 9.17) is 59.8 Å². The van der Waals surface area contributed by atoms with Crippen molar-refractivity contribution in [3.63, 3.8) is 0 Å². The van der Waals surface area contributed by atoms with Gasteiger partial charge in [-0.3, -0.25) is 0 Å². The van der Waals surface area contributed by atoms with E-state index in [1.165, 1.54) is 34.0 Å². The molecule has 0 radical (unpaired) electrons. The van der Waals surface area contributed by atoms with Crippen LogP contribution in [-0.4, -0.2) is 105 Å². The molecule has 0 aromatic carbocycles. The van der Waals surface area contributed by atoms with Gasteiger partial charge in [0.1, 0.15) is 33.1 Å². The maximum Gasteiger partial charge on any atom is 0.235 e. The summed E-state index contributed by atoms with van der Waals surface area (Å²) in [5.74, 6) is 0.802. The summed E-state index contributed by atoms with van der Waals surface area (Å²) in [4.78, 5) is 74.9. The fourth-order valence-corrected chi connectivity index (χ4v) is 15.9. The van der Waals surface area contributed by atoms with Crippen molar-refractivity contribution in [3.05, 3.63) is 34.2 Å². The summed E-state index contributed by atoms with van der Waals surface area (Å²) in [6.07, 6.45) is 6.27. The second-order valence-corrected chi connectivity index (χ2v) is 25.9. The SMILES string of the molecule is CC1(C)[C@@H]2CC[C@@]1(C)c1nc3c4nc5nnc(nc6[nH]c(nc7nnc(nc8[nH]c(nc9nnc(nc([nH]4)c3nc12)s9)c1nc2c(nc81)[C@@]1(C)CC[C@@H]2C1(C)C)s7)c1nc2c(nc61)[C@@]1(C)CC[C@@H]2C1(C)C)s5. The molecule has 10 aromatic heterocycles. The highest BCUT2D eigenvalue weighted by Gasteiger charge is 2.63. The van der Waals surface area contributed by atoms with Gasteiger partial charge in [0.25, 0.3) is 0 Å². The maximum absolute atomic E-state index is 5.39. The van der Waals surface area contributed by atoms with E-state index < -0.39 is 0 Å². The number of H-pyrrole nitrogens is 3. The van der Waals surface area contributed by atoms with Crippen molar-refractivity contribution >= 4 is 131 Å². The summed E-state index contributed by atoms with van der Waals surface area (Å²) in [5, 5.41) is 27.0. The van der Waals surface area contributed by atoms with Crippen molar-refractivity contribution < 1.29 is 0 Å². The van der Waals surface area contributed by atoms with Crippen molar-refractivity contribution in [3.8, 4) is 0 Å². The van der Waals surface area contributed by atoms with Crippen molar-refractivity contribution in [2.45, 2.75) is 135 Å². The molecule has 0 saturated heterocycles. The second kappa shape index (κ2) is 13.1. The molecule has 18 bridgehead atoms. The molecule has 0 spiro atoms. The minimum absolute atomic E-state index is 0.0175. The largest absolute Gasteiger partial charge is 0.321 e. The number of fused-ring (bicyclic) bond motifs is 36. The zero-order valence-corrected chi connectivity index (χ0v) is 43.2. The summed E-state index contributed by atoms with van der Waals surface area (Å²) in [6, 6.07) is 0. The Kier molecular flexibility index (Phi) is 7.63. The summed E-state index contributed by atoms with van der Waals surface area (Å²) in [5.41, 5.74) is 11.9. The zero-order valence-electron chi connectivity index (χ0n) is 40.7. The fraction of sp³-hybridized carbons (Fsp3) is 0.500. The number of rotatable bonds is 0. The Bertz CT molecular complexity index is 4410. The number of aromatic amines is 3. The smallest absolute Gasteiger partial charge is 0.235 e. The van der Waals surface area contributed by atoms with Gasteiger partial charge in [-0.05, 0) is 54.8 Å². The molecule has 6 aliphatic rings. The average molecular weight is 1010 g/mol. The minimum atomic E-state index is -0.144. The molecule has 3 N–H and O–H groups in total. The Morgan fingerprint density at radius 1 is 0.319 bits per heavy atom. The normalized spacial score (nSPS) is 27.5. The molecule has 0 amide bonds. The van der Waals surface area contributed by atoms with Crippen LogP contribution >= 0.6 is 34.0 Å². The van der Waals surface area contributed by atoms with Crippen LogP contribution in [-0.2, 0) is 16.2 Å². The standard InChI is InChI=1S/C48H45N21S3/c1-43(2)16-10-13-46(43,7)28-19(16)49-22-25(52-28)34-55-31(22)58-37-64-65-38(70-37)59-32-23-26(53-29-20(50-23)17-11-14-47(29,8)44(17,3)4)35(56-32)62-41-68-69-42(72-41)63-36-27-24(33(57-36)60-39-66-67-40(61-34)71-39)51-21-18-12-15-48(9,30(21)54-27)45(18,5)6/h16-18H,10-15H2,1-9H3,(H,55,58,61,64,67)(H,56,59,62,65,68)(H,57,60,63,66,69)/t16-,17+,18-,46+,47-,48+/m0/s1. The van der Waals surface area contributed by atoms with Gasteiger partial charge in [0, 0.05) is 34.0 Å². The average Bonchev–Trinajstić information content (AvgIpc) is 4.26. The lowest BCUT2D eigenvalue weighted by Gasteiger charge is -2.34. The number of hydrogen-bond acceptors (Lipinski definition) is 21. The van der Waals surface area contributed by atoms with E-state index in [1.807, 2.05) is 0 Å². The molecule has 360 valence electrons. The monoisotopic (exact) mass is 1010 g/mol. The van der Waals surface area contributed by atoms with Gasteiger partial charge in [-0.25, -0.2) is 29.9 Å². The van der Waals surface area contributed by atoms with Crippen molar-refractivity contribution in [2.75, 3.05) is 0 Å². The van der Waals surface area contributed by atoms with Crippen LogP contribution in [0.3, 0.4) is 0 Å². The van der Waals surface area contributed by atoms with Gasteiger partial charge in [0.05, 0.1) is 34.2 Å². The first kappa shape index (κ1) is 41.9. The number of nitrogens with one attached hydrogen (secondary N) is 3. The van der Waals surface area contributed by atoms with Gasteiger partial charge in [0.2, 0.25) is 29.8 Å². The van der Waals surface area contributed by atoms with Crippen LogP contribution < -0.4 is 0 Å². The first-order valence-corrected chi connectivity index (χ1v) is 27.0. The molecule has 16 rings (SSSR count). The third-order valence-corrected chi connectivity index (χ3v) is 21.7. The predicted octanol–water partition coefficient (Wildman–Crippen LogP) is 9.24. The van der Waals surface area contributed by atoms with Gasteiger partial charge in [-0.2, -0.15) is 29.9 Å². The van der Waals surface area contributed by atoms with E-state index in [0.717, 1.165) is 72.7 Å². The van der Waals surface area contributed by atoms with E-state index in [1.54, 1.807) is 0 Å². The molecule has 3 fully saturated rings. The van der Waals surface area contributed by atoms with Gasteiger partial charge in [-0.15, -0.1) is 30.6 Å². The lowest BCUT2D eigenvalue weighted by Crippen LogP contribution is -2.31. The molecule has 21 nitrogen and oxygen atoms in total. The molecule has 24 heteroatoms. The molecule has 10 heterocycles. The molecule has 72 heavy (non-hydrogen) atoms. The molecule has 3 saturated carbocycles. The summed E-state index contributed by atoms with van der Waals surface area (Å²) in [7, 11) is 0. The number of nitrogens with zero attached hydrogens (tertiary/aromatic N) is 18. The number of aromatic nitrogens is 21. The summed E-state index contributed by atoms with van der Waals surface area (Å²) in [6.45, 7) is 20.9. The van der Waals surface area contributed by atoms with Crippen LogP contribution in [0.15, 0.2) is 0 Å². The zero-order chi connectivity index (χ0) is 48.8. The van der Waals surface area contributed by atoms with Crippen molar-refractivity contribution in [1.29, 1.82) is 0 Å². The molecule has 0 unspecified atom stereocenters. The first-order valence-electron chi connectivity index (χ1n) is 24.6. The summed E-state index contributed by atoms with van der Waals surface area (Å²) < 4.78 is 0. The van der Waals surface area contributed by atoms with Crippen LogP contribution in [0.5, 0.6) is 0 Å². The van der Waals surface area contributed by atoms with Gasteiger partial charge in [0.15, 0.2) is 33.9 Å². The van der Waals surface area contributed by atoms with E-state index in [-0.39, 0.29) is 50.2 Å². The lowest BCUT2D eigenvalue weighted by molar-refractivity contribution is 0.227. The van der Waals surface area contributed by atoms with Crippen LogP contribution in [0.1, 0.15) is 153 Å². The van der Waals surface area contributed by atoms with E-state index in [0.29, 0.717) is 96.7 Å². The Morgan fingerprint density at radius 2 is 0.542 bits per heavy atom. The highest BCUT2D eigenvalue weighted by molar-refractivity contribution is 7.22. The fourth-order valence-electron chi connectivity index (χ4n) is 14.1. The predicted molar refractivity (Wildman–Crippen MR) is 273 cm³/mol. The van der Waals surface area contributed by atoms with Gasteiger partial charge < -0.3 is 15.0 Å². The Balaban J connectivity index is 0.995. The first-order chi connectivity index (χ1) is 34.4. The van der Waals surface area contributed by atoms with Gasteiger partial charge >= 0.3 is 0 Å². The third kappa shape index (κ3) is 5.02. The Labute approximate surface area is 419 Å². The highest BCUT2D eigenvalue weighted by Crippen LogP contribution is 2.69. The maximum atomic E-state index is 5.39. The molecular formula is C48H45N21S3. The molecular weight excluding hydrogens is 967 g/mol. The Morgan fingerprint density at radius 3 is 0.778 bits per heavy atom. The van der Waals surface area contributed by atoms with Crippen LogP contribution in [0, 0.1) is 16.2 Å². The van der Waals surface area contributed by atoms with E-state index >= 15 is 0 Å². The number of hydrogen-bond donors (Lipinski definition) is 3. The van der Waals surface area contributed by atoms with Crippen LogP contribution in [0.25, 0.3) is 96.7 Å². The minimum Gasteiger partial charge on any atom is -0.321 e. The van der Waals surface area contributed by atoms with Crippen molar-refractivity contribution in [1.82, 2.24) is 105 Å². The van der Waals surface area contributed by atoms with Crippen molar-refractivity contribution in [2.24, 2.45) is 16.2 Å². The third-order valence-electron chi connectivity index (χ3n) is 19.5. The quantitative estimate of drug-likeness (QED) is 0.128. The second-order valence-electron chi connectivity index (χ2n) is 23.1. The molecule has 0 aliphatic heterocycles.